The number of hydrogen-bond acceptors (Lipinski definition) is 2. The number of anilines is 1. The van der Waals surface area contributed by atoms with E-state index in [0.29, 0.717) is 0 Å². The van der Waals surface area contributed by atoms with E-state index in [1.165, 1.54) is 5.56 Å². The van der Waals surface area contributed by atoms with Crippen LogP contribution in [0.5, 0.6) is 0 Å². The molecular weight excluding hydrogens is 350 g/mol. The number of aromatic nitrogens is 2. The van der Waals surface area contributed by atoms with E-state index in [4.69, 9.17) is 0 Å². The average Bonchev–Trinajstić information content (AvgIpc) is 2.93. The van der Waals surface area contributed by atoms with Gasteiger partial charge in [-0.15, -0.1) is 0 Å². The van der Waals surface area contributed by atoms with E-state index in [0.717, 1.165) is 28.2 Å². The van der Waals surface area contributed by atoms with Crippen molar-refractivity contribution in [1.29, 1.82) is 0 Å². The molecule has 3 nitrogen and oxygen atoms in total. The van der Waals surface area contributed by atoms with Gasteiger partial charge in [-0.05, 0) is 17.7 Å². The molecule has 3 rings (SSSR count). The molecule has 0 aliphatic carbocycles. The molecule has 0 unspecified atom stereocenters. The van der Waals surface area contributed by atoms with Gasteiger partial charge in [0.2, 0.25) is 5.95 Å². The van der Waals surface area contributed by atoms with Gasteiger partial charge in [-0.2, -0.15) is 0 Å². The zero-order valence-electron chi connectivity index (χ0n) is 12.9. The van der Waals surface area contributed by atoms with Crippen LogP contribution in [0, 0.1) is 0 Å². The van der Waals surface area contributed by atoms with Crippen molar-refractivity contribution in [2.45, 2.75) is 0 Å². The summed E-state index contributed by atoms with van der Waals surface area (Å²) in [5, 5.41) is 3.34. The first-order valence-electron chi connectivity index (χ1n) is 7.47. The van der Waals surface area contributed by atoms with Gasteiger partial charge in [0, 0.05) is 23.6 Å². The van der Waals surface area contributed by atoms with Crippen LogP contribution >= 0.6 is 15.9 Å². The maximum Gasteiger partial charge on any atom is 0.203 e. The summed E-state index contributed by atoms with van der Waals surface area (Å²) >= 11 is 3.51. The van der Waals surface area contributed by atoms with Crippen LogP contribution in [0.3, 0.4) is 0 Å². The van der Waals surface area contributed by atoms with Crippen LogP contribution in [0.2, 0.25) is 0 Å². The summed E-state index contributed by atoms with van der Waals surface area (Å²) in [4.78, 5) is 4.47. The Bertz CT molecular complexity index is 806. The molecule has 0 amide bonds. The van der Waals surface area contributed by atoms with Crippen LogP contribution < -0.4 is 5.32 Å². The Labute approximate surface area is 144 Å². The minimum atomic E-state index is 0.734. The summed E-state index contributed by atoms with van der Waals surface area (Å²) in [6, 6.07) is 18.5. The lowest BCUT2D eigenvalue weighted by Crippen LogP contribution is -2.05. The quantitative estimate of drug-likeness (QED) is 0.689. The Morgan fingerprint density at radius 1 is 1.13 bits per heavy atom. The van der Waals surface area contributed by atoms with Gasteiger partial charge in [-0.3, -0.25) is 0 Å². The molecule has 23 heavy (non-hydrogen) atoms. The smallest absolute Gasteiger partial charge is 0.203 e. The van der Waals surface area contributed by atoms with Crippen LogP contribution in [-0.4, -0.2) is 16.1 Å². The molecule has 0 bridgehead atoms. The SMILES string of the molecule is Cn1c(-c2cccc(Br)c2)cnc1NCC=Cc1ccccc1. The molecule has 0 spiro atoms. The molecule has 1 heterocycles. The van der Waals surface area contributed by atoms with Crippen molar-refractivity contribution in [3.05, 3.63) is 76.9 Å². The highest BCUT2D eigenvalue weighted by molar-refractivity contribution is 9.10. The van der Waals surface area contributed by atoms with Gasteiger partial charge in [0.05, 0.1) is 11.9 Å². The fraction of sp³-hybridized carbons (Fsp3) is 0.105. The van der Waals surface area contributed by atoms with Gasteiger partial charge < -0.3 is 9.88 Å². The molecule has 0 radical (unpaired) electrons. The Kier molecular flexibility index (Phi) is 4.93. The molecule has 4 heteroatoms. The molecule has 0 atom stereocenters. The van der Waals surface area contributed by atoms with Gasteiger partial charge >= 0.3 is 0 Å². The van der Waals surface area contributed by atoms with E-state index < -0.39 is 0 Å². The van der Waals surface area contributed by atoms with E-state index in [9.17, 15) is 0 Å². The van der Waals surface area contributed by atoms with Gasteiger partial charge in [0.1, 0.15) is 0 Å². The first kappa shape index (κ1) is 15.6. The molecular formula is C19H18BrN3. The van der Waals surface area contributed by atoms with Gasteiger partial charge in [-0.25, -0.2) is 4.98 Å². The minimum Gasteiger partial charge on any atom is -0.352 e. The van der Waals surface area contributed by atoms with Crippen LogP contribution in [-0.2, 0) is 7.05 Å². The third kappa shape index (κ3) is 3.90. The van der Waals surface area contributed by atoms with Gasteiger partial charge in [0.15, 0.2) is 0 Å². The van der Waals surface area contributed by atoms with Crippen molar-refractivity contribution in [3.63, 3.8) is 0 Å². The molecule has 1 N–H and O–H groups in total. The summed E-state index contributed by atoms with van der Waals surface area (Å²) in [5.41, 5.74) is 3.42. The Morgan fingerprint density at radius 3 is 2.74 bits per heavy atom. The second kappa shape index (κ2) is 7.29. The predicted molar refractivity (Wildman–Crippen MR) is 100 cm³/mol. The summed E-state index contributed by atoms with van der Waals surface area (Å²) in [6.45, 7) is 0.734. The van der Waals surface area contributed by atoms with Crippen molar-refractivity contribution in [2.75, 3.05) is 11.9 Å². The van der Waals surface area contributed by atoms with Gasteiger partial charge in [0.25, 0.3) is 0 Å². The fourth-order valence-electron chi connectivity index (χ4n) is 2.40. The number of benzene rings is 2. The summed E-state index contributed by atoms with van der Waals surface area (Å²) in [6.07, 6.45) is 6.10. The number of nitrogens with one attached hydrogen (secondary N) is 1. The van der Waals surface area contributed by atoms with E-state index in [2.05, 4.69) is 67.2 Å². The zero-order chi connectivity index (χ0) is 16.1. The third-order valence-corrected chi connectivity index (χ3v) is 4.09. The number of nitrogens with zero attached hydrogens (tertiary/aromatic N) is 2. The molecule has 3 aromatic rings. The number of halogens is 1. The lowest BCUT2D eigenvalue weighted by atomic mass is 10.2. The largest absolute Gasteiger partial charge is 0.352 e. The molecule has 116 valence electrons. The maximum absolute atomic E-state index is 4.47. The maximum atomic E-state index is 4.47. The normalized spacial score (nSPS) is 11.0. The highest BCUT2D eigenvalue weighted by atomic mass is 79.9. The average molecular weight is 368 g/mol. The Hall–Kier alpha value is -2.33. The fourth-order valence-corrected chi connectivity index (χ4v) is 2.80. The second-order valence-electron chi connectivity index (χ2n) is 5.23. The van der Waals surface area contributed by atoms with E-state index in [-0.39, 0.29) is 0 Å². The van der Waals surface area contributed by atoms with Gasteiger partial charge in [-0.1, -0.05) is 70.5 Å². The van der Waals surface area contributed by atoms with Crippen molar-refractivity contribution in [3.8, 4) is 11.3 Å². The molecule has 0 saturated carbocycles. The molecule has 1 aromatic heterocycles. The monoisotopic (exact) mass is 367 g/mol. The first-order chi connectivity index (χ1) is 11.2. The topological polar surface area (TPSA) is 29.9 Å². The lowest BCUT2D eigenvalue weighted by molar-refractivity contribution is 0.920. The Morgan fingerprint density at radius 2 is 1.96 bits per heavy atom. The highest BCUT2D eigenvalue weighted by Gasteiger charge is 2.07. The van der Waals surface area contributed by atoms with Crippen LogP contribution in [0.1, 0.15) is 5.56 Å². The van der Waals surface area contributed by atoms with Crippen molar-refractivity contribution < 1.29 is 0 Å². The second-order valence-corrected chi connectivity index (χ2v) is 6.15. The van der Waals surface area contributed by atoms with Crippen LogP contribution in [0.4, 0.5) is 5.95 Å². The third-order valence-electron chi connectivity index (χ3n) is 3.60. The molecule has 0 aliphatic heterocycles. The molecule has 0 fully saturated rings. The molecule has 0 aliphatic rings. The zero-order valence-corrected chi connectivity index (χ0v) is 14.5. The standard InChI is InChI=1S/C19H18BrN3/c1-23-18(16-10-5-11-17(20)13-16)14-22-19(23)21-12-6-9-15-7-3-2-4-8-15/h2-11,13-14H,12H2,1H3,(H,21,22). The van der Waals surface area contributed by atoms with Crippen molar-refractivity contribution >= 4 is 28.0 Å². The summed E-state index contributed by atoms with van der Waals surface area (Å²) in [7, 11) is 2.02. The molecule has 2 aromatic carbocycles. The Balaban J connectivity index is 1.67. The van der Waals surface area contributed by atoms with Crippen molar-refractivity contribution in [1.82, 2.24) is 9.55 Å². The predicted octanol–water partition coefficient (Wildman–Crippen LogP) is 4.97. The summed E-state index contributed by atoms with van der Waals surface area (Å²) in [5.74, 6) is 0.859. The minimum absolute atomic E-state index is 0.734. The summed E-state index contributed by atoms with van der Waals surface area (Å²) < 4.78 is 3.13. The highest BCUT2D eigenvalue weighted by Crippen LogP contribution is 2.24. The lowest BCUT2D eigenvalue weighted by Gasteiger charge is -2.07. The van der Waals surface area contributed by atoms with Crippen molar-refractivity contribution in [2.24, 2.45) is 7.05 Å². The van der Waals surface area contributed by atoms with E-state index >= 15 is 0 Å². The molecule has 0 saturated heterocycles. The van der Waals surface area contributed by atoms with E-state index in [1.807, 2.05) is 43.6 Å². The first-order valence-corrected chi connectivity index (χ1v) is 8.26. The number of imidazole rings is 1. The van der Waals surface area contributed by atoms with E-state index in [1.54, 1.807) is 0 Å². The number of rotatable bonds is 5. The van der Waals surface area contributed by atoms with Crippen LogP contribution in [0.15, 0.2) is 71.3 Å². The van der Waals surface area contributed by atoms with Crippen LogP contribution in [0.25, 0.3) is 17.3 Å². The number of hydrogen-bond donors (Lipinski definition) is 1.